The zero-order valence-corrected chi connectivity index (χ0v) is 27.0. The maximum absolute atomic E-state index is 14.1. The third-order valence-corrected chi connectivity index (χ3v) is 9.49. The van der Waals surface area contributed by atoms with E-state index in [1.807, 2.05) is 10.7 Å². The smallest absolute Gasteiger partial charge is 0.310 e. The fourth-order valence-electron chi connectivity index (χ4n) is 7.08. The van der Waals surface area contributed by atoms with Crippen LogP contribution in [-0.4, -0.2) is 66.6 Å². The molecule has 48 heavy (non-hydrogen) atoms. The first-order valence-electron chi connectivity index (χ1n) is 16.6. The van der Waals surface area contributed by atoms with Crippen molar-refractivity contribution in [2.75, 3.05) is 49.1 Å². The minimum absolute atomic E-state index is 0.214. The van der Waals surface area contributed by atoms with Crippen LogP contribution in [0.3, 0.4) is 0 Å². The number of nitrogens with one attached hydrogen (secondary N) is 2. The van der Waals surface area contributed by atoms with Gasteiger partial charge in [-0.15, -0.1) is 10.2 Å². The van der Waals surface area contributed by atoms with Gasteiger partial charge in [-0.3, -0.25) is 4.90 Å². The minimum atomic E-state index is -0.296. The third kappa shape index (κ3) is 5.50. The van der Waals surface area contributed by atoms with Crippen molar-refractivity contribution in [3.63, 3.8) is 0 Å². The lowest BCUT2D eigenvalue weighted by Crippen LogP contribution is -2.54. The van der Waals surface area contributed by atoms with Gasteiger partial charge in [0.1, 0.15) is 29.6 Å². The molecule has 6 aromatic rings. The van der Waals surface area contributed by atoms with Crippen molar-refractivity contribution in [2.24, 2.45) is 0 Å². The highest BCUT2D eigenvalue weighted by Crippen LogP contribution is 2.36. The average molecular weight is 644 g/mol. The number of benzene rings is 4. The van der Waals surface area contributed by atoms with Gasteiger partial charge >= 0.3 is 5.82 Å². The molecule has 10 heteroatoms. The van der Waals surface area contributed by atoms with Gasteiger partial charge in [-0.05, 0) is 86.6 Å². The van der Waals surface area contributed by atoms with E-state index in [1.54, 1.807) is 24.3 Å². The second-order valence-electron chi connectivity index (χ2n) is 12.8. The van der Waals surface area contributed by atoms with E-state index in [-0.39, 0.29) is 17.7 Å². The Morgan fingerprint density at radius 3 is 2.12 bits per heavy atom. The molecular formula is C38H37F2N8+. The molecule has 0 saturated carbocycles. The van der Waals surface area contributed by atoms with Crippen molar-refractivity contribution in [3.8, 4) is 28.2 Å². The number of rotatable bonds is 5. The van der Waals surface area contributed by atoms with E-state index < -0.39 is 0 Å². The second kappa shape index (κ2) is 12.5. The summed E-state index contributed by atoms with van der Waals surface area (Å²) in [5.41, 5.74) is 3.98. The molecule has 8 nitrogen and oxygen atoms in total. The summed E-state index contributed by atoms with van der Waals surface area (Å²) < 4.78 is 30.0. The van der Waals surface area contributed by atoms with Crippen molar-refractivity contribution in [1.82, 2.24) is 25.9 Å². The number of nitrogens with zero attached hydrogens (tertiary/aromatic N) is 6. The molecule has 2 fully saturated rings. The van der Waals surface area contributed by atoms with Crippen LogP contribution in [0.4, 0.5) is 20.4 Å². The Hall–Kier alpha value is -5.06. The molecule has 0 amide bonds. The van der Waals surface area contributed by atoms with Crippen LogP contribution >= 0.6 is 0 Å². The second-order valence-corrected chi connectivity index (χ2v) is 12.8. The molecule has 2 aliphatic rings. The largest absolute Gasteiger partial charge is 0.349 e. The van der Waals surface area contributed by atoms with Gasteiger partial charge in [-0.2, -0.15) is 0 Å². The van der Waals surface area contributed by atoms with Gasteiger partial charge in [-0.25, -0.2) is 8.78 Å². The molecule has 2 aromatic heterocycles. The number of piperazine rings is 2. The van der Waals surface area contributed by atoms with Crippen LogP contribution < -0.4 is 25.1 Å². The Kier molecular flexibility index (Phi) is 7.90. The molecule has 242 valence electrons. The number of halogens is 2. The van der Waals surface area contributed by atoms with Gasteiger partial charge < -0.3 is 15.5 Å². The average Bonchev–Trinajstić information content (AvgIpc) is 3.11. The van der Waals surface area contributed by atoms with E-state index in [2.05, 4.69) is 70.7 Å². The quantitative estimate of drug-likeness (QED) is 0.235. The van der Waals surface area contributed by atoms with E-state index in [0.29, 0.717) is 11.7 Å². The standard InChI is InChI=1S/C38H37F2N8/c1-24-23-46(19-18-42-24)38-33-6-4-3-5-31(33)36(27-9-13-29(40)14-10-27)45-48(38)30-15-16-32-34(21-30)37(47-20-17-41-22-25(47)2)44-43-35(32)26-7-11-28(39)12-8-26/h3-16,21,24-25,41-42H,17-20,22-23H2,1-2H3/q+1. The van der Waals surface area contributed by atoms with Gasteiger partial charge in [0.15, 0.2) is 11.5 Å². The molecule has 0 aliphatic carbocycles. The summed E-state index contributed by atoms with van der Waals surface area (Å²) in [4.78, 5) is 4.72. The number of anilines is 2. The molecule has 2 unspecified atom stereocenters. The maximum atomic E-state index is 14.1. The predicted molar refractivity (Wildman–Crippen MR) is 187 cm³/mol. The lowest BCUT2D eigenvalue weighted by Gasteiger charge is -2.35. The molecule has 2 atom stereocenters. The van der Waals surface area contributed by atoms with Crippen LogP contribution in [0.25, 0.3) is 49.7 Å². The first-order valence-corrected chi connectivity index (χ1v) is 16.6. The first kappa shape index (κ1) is 30.3. The summed E-state index contributed by atoms with van der Waals surface area (Å²) in [6, 6.07) is 28.1. The molecule has 0 bridgehead atoms. The molecule has 2 saturated heterocycles. The van der Waals surface area contributed by atoms with Gasteiger partial charge in [0.25, 0.3) is 0 Å². The molecule has 8 rings (SSSR count). The predicted octanol–water partition coefficient (Wildman–Crippen LogP) is 5.66. The van der Waals surface area contributed by atoms with Crippen LogP contribution in [0.15, 0.2) is 91.0 Å². The minimum Gasteiger partial charge on any atom is -0.349 e. The fourth-order valence-corrected chi connectivity index (χ4v) is 7.08. The van der Waals surface area contributed by atoms with E-state index in [0.717, 1.165) is 95.0 Å². The lowest BCUT2D eigenvalue weighted by atomic mass is 10.0. The molecule has 4 heterocycles. The maximum Gasteiger partial charge on any atom is 0.310 e. The normalized spacial score (nSPS) is 18.5. The van der Waals surface area contributed by atoms with Crippen molar-refractivity contribution in [1.29, 1.82) is 0 Å². The Labute approximate surface area is 278 Å². The van der Waals surface area contributed by atoms with Gasteiger partial charge in [0, 0.05) is 65.5 Å². The number of aromatic nitrogens is 4. The SMILES string of the molecule is CC1CN(c2c3ccccc3c(-c3ccc(F)cc3)n[n+]2-c2ccc3c(-c4ccc(F)cc4)nnc(N4CCNCC4C)c3c2)CCN1. The van der Waals surface area contributed by atoms with Crippen molar-refractivity contribution < 1.29 is 13.5 Å². The number of hydrogen-bond donors (Lipinski definition) is 2. The van der Waals surface area contributed by atoms with Crippen molar-refractivity contribution in [3.05, 3.63) is 103 Å². The highest BCUT2D eigenvalue weighted by Gasteiger charge is 2.32. The summed E-state index contributed by atoms with van der Waals surface area (Å²) in [6.07, 6.45) is 0. The first-order chi connectivity index (χ1) is 23.4. The summed E-state index contributed by atoms with van der Waals surface area (Å²) in [5, 5.41) is 25.9. The Bertz CT molecular complexity index is 2120. The number of hydrogen-bond acceptors (Lipinski definition) is 7. The highest BCUT2D eigenvalue weighted by atomic mass is 19.1. The summed E-state index contributed by atoms with van der Waals surface area (Å²) >= 11 is 0. The zero-order chi connectivity index (χ0) is 32.8. The van der Waals surface area contributed by atoms with Crippen LogP contribution in [0.1, 0.15) is 13.8 Å². The van der Waals surface area contributed by atoms with Gasteiger partial charge in [0.05, 0.1) is 11.9 Å². The summed E-state index contributed by atoms with van der Waals surface area (Å²) in [5.74, 6) is 1.23. The summed E-state index contributed by atoms with van der Waals surface area (Å²) in [7, 11) is 0. The Balaban J connectivity index is 1.40. The Morgan fingerprint density at radius 1 is 0.729 bits per heavy atom. The molecule has 4 aromatic carbocycles. The fraction of sp³-hybridized carbons (Fsp3) is 0.263. The topological polar surface area (TPSA) is 73.1 Å². The van der Waals surface area contributed by atoms with Crippen molar-refractivity contribution in [2.45, 2.75) is 25.9 Å². The number of fused-ring (bicyclic) bond motifs is 2. The molecule has 0 radical (unpaired) electrons. The zero-order valence-electron chi connectivity index (χ0n) is 27.0. The van der Waals surface area contributed by atoms with E-state index in [1.165, 1.54) is 24.3 Å². The highest BCUT2D eigenvalue weighted by molar-refractivity contribution is 6.02. The molecular weight excluding hydrogens is 606 g/mol. The third-order valence-electron chi connectivity index (χ3n) is 9.49. The van der Waals surface area contributed by atoms with Crippen LogP contribution in [-0.2, 0) is 0 Å². The van der Waals surface area contributed by atoms with Gasteiger partial charge in [0.2, 0.25) is 0 Å². The van der Waals surface area contributed by atoms with Crippen LogP contribution in [0.5, 0.6) is 0 Å². The monoisotopic (exact) mass is 643 g/mol. The van der Waals surface area contributed by atoms with Crippen LogP contribution in [0, 0.1) is 11.6 Å². The van der Waals surface area contributed by atoms with Crippen LogP contribution in [0.2, 0.25) is 0 Å². The van der Waals surface area contributed by atoms with E-state index >= 15 is 0 Å². The van der Waals surface area contributed by atoms with E-state index in [4.69, 9.17) is 15.3 Å². The molecule has 2 N–H and O–H groups in total. The molecule has 2 aliphatic heterocycles. The lowest BCUT2D eigenvalue weighted by molar-refractivity contribution is -0.644. The molecule has 0 spiro atoms. The van der Waals surface area contributed by atoms with Gasteiger partial charge in [-0.1, -0.05) is 28.0 Å². The Morgan fingerprint density at radius 2 is 1.42 bits per heavy atom. The summed E-state index contributed by atoms with van der Waals surface area (Å²) in [6.45, 7) is 9.37. The van der Waals surface area contributed by atoms with E-state index in [9.17, 15) is 8.78 Å². The van der Waals surface area contributed by atoms with Crippen molar-refractivity contribution >= 4 is 33.2 Å².